The van der Waals surface area contributed by atoms with Crippen molar-refractivity contribution in [3.8, 4) is 11.4 Å². The number of nitrogens with two attached hydrogens (primary N) is 1. The molecule has 0 radical (unpaired) electrons. The third-order valence-electron chi connectivity index (χ3n) is 4.06. The monoisotopic (exact) mass is 353 g/mol. The van der Waals surface area contributed by atoms with E-state index in [1.54, 1.807) is 12.1 Å². The molecule has 1 aromatic carbocycles. The molecule has 112 valence electrons. The van der Waals surface area contributed by atoms with Crippen LogP contribution in [0.4, 0.5) is 4.39 Å². The Morgan fingerprint density at radius 3 is 2.86 bits per heavy atom. The Morgan fingerprint density at radius 2 is 2.14 bits per heavy atom. The summed E-state index contributed by atoms with van der Waals surface area (Å²) in [5.41, 5.74) is 6.93. The number of hydrogen-bond donors (Lipinski definition) is 1. The molecular formula is C15H17BrFN3O. The second-order valence-corrected chi connectivity index (χ2v) is 6.41. The predicted molar refractivity (Wildman–Crippen MR) is 81.0 cm³/mol. The lowest BCUT2D eigenvalue weighted by molar-refractivity contribution is 0.341. The highest BCUT2D eigenvalue weighted by atomic mass is 79.9. The third kappa shape index (κ3) is 3.32. The molecule has 1 unspecified atom stereocenters. The van der Waals surface area contributed by atoms with Gasteiger partial charge in [-0.2, -0.15) is 4.98 Å². The van der Waals surface area contributed by atoms with E-state index in [2.05, 4.69) is 26.1 Å². The van der Waals surface area contributed by atoms with E-state index in [-0.39, 0.29) is 11.9 Å². The lowest BCUT2D eigenvalue weighted by atomic mass is 9.96. The molecule has 6 heteroatoms. The van der Waals surface area contributed by atoms with Crippen molar-refractivity contribution in [3.05, 3.63) is 34.4 Å². The van der Waals surface area contributed by atoms with Crippen molar-refractivity contribution < 1.29 is 8.91 Å². The minimum atomic E-state index is -0.314. The molecule has 1 aliphatic rings. The van der Waals surface area contributed by atoms with E-state index in [0.717, 1.165) is 0 Å². The zero-order valence-corrected chi connectivity index (χ0v) is 13.1. The molecule has 1 atom stereocenters. The molecule has 1 fully saturated rings. The number of aromatic nitrogens is 2. The summed E-state index contributed by atoms with van der Waals surface area (Å²) in [7, 11) is 0. The first-order valence-corrected chi connectivity index (χ1v) is 7.96. The summed E-state index contributed by atoms with van der Waals surface area (Å²) in [6.07, 6.45) is 5.49. The second kappa shape index (κ2) is 6.23. The summed E-state index contributed by atoms with van der Waals surface area (Å²) < 4.78 is 18.9. The van der Waals surface area contributed by atoms with Crippen LogP contribution in [0.25, 0.3) is 11.4 Å². The van der Waals surface area contributed by atoms with E-state index in [9.17, 15) is 4.39 Å². The average molecular weight is 354 g/mol. The van der Waals surface area contributed by atoms with E-state index in [1.807, 2.05) is 0 Å². The standard InChI is InChI=1S/C15H17BrFN3O/c16-11-7-10(5-6-12(11)17)15-19-14(21-20-15)8-13(18)9-3-1-2-4-9/h5-7,9,13H,1-4,8,18H2. The Labute approximate surface area is 131 Å². The van der Waals surface area contributed by atoms with Crippen LogP contribution in [0.15, 0.2) is 27.2 Å². The number of benzene rings is 1. The number of hydrogen-bond acceptors (Lipinski definition) is 4. The van der Waals surface area contributed by atoms with Crippen molar-refractivity contribution in [2.24, 2.45) is 11.7 Å². The largest absolute Gasteiger partial charge is 0.339 e. The van der Waals surface area contributed by atoms with Crippen LogP contribution >= 0.6 is 15.9 Å². The summed E-state index contributed by atoms with van der Waals surface area (Å²) in [5, 5.41) is 3.95. The lowest BCUT2D eigenvalue weighted by Crippen LogP contribution is -2.30. The van der Waals surface area contributed by atoms with Gasteiger partial charge in [0.1, 0.15) is 5.82 Å². The van der Waals surface area contributed by atoms with E-state index in [1.165, 1.54) is 31.7 Å². The van der Waals surface area contributed by atoms with Gasteiger partial charge in [0.2, 0.25) is 11.7 Å². The summed E-state index contributed by atoms with van der Waals surface area (Å²) in [6.45, 7) is 0. The van der Waals surface area contributed by atoms with Gasteiger partial charge in [0.05, 0.1) is 4.47 Å². The van der Waals surface area contributed by atoms with Crippen LogP contribution in [0.3, 0.4) is 0 Å². The van der Waals surface area contributed by atoms with Crippen LogP contribution in [0.5, 0.6) is 0 Å². The van der Waals surface area contributed by atoms with Gasteiger partial charge in [-0.05, 0) is 52.9 Å². The quantitative estimate of drug-likeness (QED) is 0.909. The molecule has 0 saturated heterocycles. The maximum atomic E-state index is 13.2. The van der Waals surface area contributed by atoms with Gasteiger partial charge in [0.25, 0.3) is 0 Å². The first kappa shape index (κ1) is 14.7. The Hall–Kier alpha value is -1.27. The molecule has 1 saturated carbocycles. The fraction of sp³-hybridized carbons (Fsp3) is 0.467. The average Bonchev–Trinajstić information content (AvgIpc) is 3.12. The molecule has 0 spiro atoms. The van der Waals surface area contributed by atoms with Crippen molar-refractivity contribution >= 4 is 15.9 Å². The molecule has 0 aliphatic heterocycles. The molecule has 4 nitrogen and oxygen atoms in total. The van der Waals surface area contributed by atoms with Crippen LogP contribution in [-0.2, 0) is 6.42 Å². The molecule has 0 bridgehead atoms. The van der Waals surface area contributed by atoms with E-state index < -0.39 is 0 Å². The van der Waals surface area contributed by atoms with Gasteiger partial charge in [0.15, 0.2) is 0 Å². The van der Waals surface area contributed by atoms with Crippen molar-refractivity contribution in [3.63, 3.8) is 0 Å². The van der Waals surface area contributed by atoms with Crippen molar-refractivity contribution in [2.45, 2.75) is 38.1 Å². The summed E-state index contributed by atoms with van der Waals surface area (Å²) >= 11 is 3.15. The van der Waals surface area contributed by atoms with E-state index >= 15 is 0 Å². The summed E-state index contributed by atoms with van der Waals surface area (Å²) in [5.74, 6) is 1.25. The van der Waals surface area contributed by atoms with Gasteiger partial charge < -0.3 is 10.3 Å². The van der Waals surface area contributed by atoms with Gasteiger partial charge in [-0.25, -0.2) is 4.39 Å². The highest BCUT2D eigenvalue weighted by Crippen LogP contribution is 2.28. The molecule has 1 aliphatic carbocycles. The smallest absolute Gasteiger partial charge is 0.228 e. The minimum absolute atomic E-state index is 0.0701. The number of nitrogens with zero attached hydrogens (tertiary/aromatic N) is 2. The molecule has 1 aromatic heterocycles. The van der Waals surface area contributed by atoms with Crippen molar-refractivity contribution in [2.75, 3.05) is 0 Å². The van der Waals surface area contributed by atoms with Crippen LogP contribution in [-0.4, -0.2) is 16.2 Å². The van der Waals surface area contributed by atoms with Crippen molar-refractivity contribution in [1.29, 1.82) is 0 Å². The minimum Gasteiger partial charge on any atom is -0.339 e. The van der Waals surface area contributed by atoms with Gasteiger partial charge >= 0.3 is 0 Å². The SMILES string of the molecule is NC(Cc1nc(-c2ccc(F)c(Br)c2)no1)C1CCCC1. The summed E-state index contributed by atoms with van der Waals surface area (Å²) in [4.78, 5) is 4.36. The predicted octanol–water partition coefficient (Wildman–Crippen LogP) is 3.70. The van der Waals surface area contributed by atoms with Crippen molar-refractivity contribution in [1.82, 2.24) is 10.1 Å². The fourth-order valence-corrected chi connectivity index (χ4v) is 3.22. The molecule has 0 amide bonds. The Balaban J connectivity index is 1.72. The molecule has 1 heterocycles. The highest BCUT2D eigenvalue weighted by molar-refractivity contribution is 9.10. The lowest BCUT2D eigenvalue weighted by Gasteiger charge is -2.16. The number of halogens is 2. The maximum absolute atomic E-state index is 13.2. The molecule has 21 heavy (non-hydrogen) atoms. The summed E-state index contributed by atoms with van der Waals surface area (Å²) in [6, 6.07) is 4.72. The zero-order valence-electron chi connectivity index (χ0n) is 11.6. The highest BCUT2D eigenvalue weighted by Gasteiger charge is 2.24. The Bertz CT molecular complexity index is 625. The molecule has 2 aromatic rings. The van der Waals surface area contributed by atoms with Gasteiger partial charge in [-0.3, -0.25) is 0 Å². The van der Waals surface area contributed by atoms with Crippen LogP contribution < -0.4 is 5.73 Å². The first-order valence-electron chi connectivity index (χ1n) is 7.17. The van der Waals surface area contributed by atoms with E-state index in [4.69, 9.17) is 10.3 Å². The topological polar surface area (TPSA) is 64.9 Å². The van der Waals surface area contributed by atoms with Gasteiger partial charge in [-0.15, -0.1) is 0 Å². The second-order valence-electron chi connectivity index (χ2n) is 5.55. The Kier molecular flexibility index (Phi) is 4.35. The van der Waals surface area contributed by atoms with E-state index in [0.29, 0.717) is 34.1 Å². The molecular weight excluding hydrogens is 337 g/mol. The number of rotatable bonds is 4. The normalized spacial score (nSPS) is 17.3. The first-order chi connectivity index (χ1) is 10.1. The fourth-order valence-electron chi connectivity index (χ4n) is 2.84. The van der Waals surface area contributed by atoms with Gasteiger partial charge in [-0.1, -0.05) is 18.0 Å². The maximum Gasteiger partial charge on any atom is 0.228 e. The molecule has 2 N–H and O–H groups in total. The Morgan fingerprint density at radius 1 is 1.38 bits per heavy atom. The van der Waals surface area contributed by atoms with Crippen LogP contribution in [0.2, 0.25) is 0 Å². The van der Waals surface area contributed by atoms with Gasteiger partial charge in [0, 0.05) is 18.0 Å². The van der Waals surface area contributed by atoms with Crippen LogP contribution in [0.1, 0.15) is 31.6 Å². The third-order valence-corrected chi connectivity index (χ3v) is 4.67. The van der Waals surface area contributed by atoms with Crippen LogP contribution in [0, 0.1) is 11.7 Å². The zero-order chi connectivity index (χ0) is 14.8. The molecule has 3 rings (SSSR count).